The average Bonchev–Trinajstić information content (AvgIpc) is 3.09. The Kier molecular flexibility index (Phi) is 3.92. The highest BCUT2D eigenvalue weighted by Crippen LogP contribution is 2.58. The van der Waals surface area contributed by atoms with Crippen molar-refractivity contribution in [1.82, 2.24) is 0 Å². The summed E-state index contributed by atoms with van der Waals surface area (Å²) < 4.78 is 40.5. The maximum atomic E-state index is 13.5. The predicted molar refractivity (Wildman–Crippen MR) is 104 cm³/mol. The molecular weight excluding hydrogens is 345 g/mol. The molecule has 0 aromatic heterocycles. The van der Waals surface area contributed by atoms with Crippen LogP contribution in [0.5, 0.6) is 0 Å². The molecule has 0 nitrogen and oxygen atoms in total. The van der Waals surface area contributed by atoms with Crippen LogP contribution in [0, 0.1) is 5.41 Å². The molecule has 0 aliphatic heterocycles. The third-order valence-electron chi connectivity index (χ3n) is 6.22. The van der Waals surface area contributed by atoms with Crippen LogP contribution < -0.4 is 0 Å². The maximum absolute atomic E-state index is 13.5. The predicted octanol–water partition coefficient (Wildman–Crippen LogP) is 7.43. The van der Waals surface area contributed by atoms with Crippen LogP contribution >= 0.6 is 0 Å². The molecule has 2 aliphatic carbocycles. The van der Waals surface area contributed by atoms with E-state index in [1.807, 2.05) is 25.1 Å². The number of hydrogen-bond donors (Lipinski definition) is 0. The van der Waals surface area contributed by atoms with Crippen molar-refractivity contribution in [3.05, 3.63) is 81.4 Å². The van der Waals surface area contributed by atoms with Gasteiger partial charge in [-0.05, 0) is 47.6 Å². The number of rotatable bonds is 2. The third kappa shape index (κ3) is 2.67. The van der Waals surface area contributed by atoms with E-state index < -0.39 is 11.7 Å². The van der Waals surface area contributed by atoms with Gasteiger partial charge in [0.15, 0.2) is 0 Å². The summed E-state index contributed by atoms with van der Waals surface area (Å²) in [4.78, 5) is 0. The summed E-state index contributed by atoms with van der Waals surface area (Å²) in [7, 11) is 0. The van der Waals surface area contributed by atoms with Crippen molar-refractivity contribution in [3.8, 4) is 0 Å². The zero-order chi connectivity index (χ0) is 19.6. The lowest BCUT2D eigenvalue weighted by atomic mass is 9.62. The van der Waals surface area contributed by atoms with Crippen LogP contribution in [0.15, 0.2) is 53.6 Å². The molecule has 0 heterocycles. The van der Waals surface area contributed by atoms with Gasteiger partial charge >= 0.3 is 6.18 Å². The van der Waals surface area contributed by atoms with E-state index in [0.29, 0.717) is 5.56 Å². The van der Waals surface area contributed by atoms with Crippen LogP contribution in [-0.2, 0) is 6.18 Å². The summed E-state index contributed by atoms with van der Waals surface area (Å²) in [6, 6.07) is 12.9. The zero-order valence-electron chi connectivity index (χ0n) is 16.0. The minimum Gasteiger partial charge on any atom is -0.166 e. The Morgan fingerprint density at radius 3 is 2.04 bits per heavy atom. The molecule has 2 aliphatic rings. The summed E-state index contributed by atoms with van der Waals surface area (Å²) in [5, 5.41) is 0. The molecule has 2 aromatic rings. The lowest BCUT2D eigenvalue weighted by molar-refractivity contribution is -0.137. The molecule has 0 saturated carbocycles. The lowest BCUT2D eigenvalue weighted by Crippen LogP contribution is -2.30. The topological polar surface area (TPSA) is 0 Å². The standard InChI is InChI=1S/C24H23F3/c1-14-12-16-8-5-6-9-17(16)21(14)23(3,4)22-15(2)13-19-18(22)10-7-11-20(19)24(25,26)27/h5-13,21-22H,1-4H3. The zero-order valence-corrected chi connectivity index (χ0v) is 16.0. The molecule has 2 atom stereocenters. The first-order valence-electron chi connectivity index (χ1n) is 9.28. The third-order valence-corrected chi connectivity index (χ3v) is 6.22. The number of allylic oxidation sites excluding steroid dienone is 2. The Hall–Kier alpha value is -2.29. The second kappa shape index (κ2) is 5.85. The van der Waals surface area contributed by atoms with Crippen LogP contribution in [0.25, 0.3) is 12.2 Å². The van der Waals surface area contributed by atoms with Crippen LogP contribution in [0.4, 0.5) is 13.2 Å². The fraction of sp³-hybridized carbons (Fsp3) is 0.333. The number of benzene rings is 2. The number of alkyl halides is 3. The van der Waals surface area contributed by atoms with Crippen molar-refractivity contribution in [2.75, 3.05) is 0 Å². The SMILES string of the molecule is CC1=Cc2ccccc2C1C(C)(C)C1C(C)=Cc2c1cccc2C(F)(F)F. The quantitative estimate of drug-likeness (QED) is 0.517. The van der Waals surface area contributed by atoms with Crippen LogP contribution in [-0.4, -0.2) is 0 Å². The molecule has 0 radical (unpaired) electrons. The van der Waals surface area contributed by atoms with Gasteiger partial charge in [-0.15, -0.1) is 0 Å². The molecule has 0 N–H and O–H groups in total. The fourth-order valence-corrected chi connectivity index (χ4v) is 5.42. The minimum absolute atomic E-state index is 0.0469. The Bertz CT molecular complexity index is 973. The monoisotopic (exact) mass is 368 g/mol. The summed E-state index contributed by atoms with van der Waals surface area (Å²) >= 11 is 0. The Balaban J connectivity index is 1.85. The minimum atomic E-state index is -4.34. The van der Waals surface area contributed by atoms with Crippen molar-refractivity contribution >= 4 is 12.2 Å². The van der Waals surface area contributed by atoms with Gasteiger partial charge < -0.3 is 0 Å². The van der Waals surface area contributed by atoms with Gasteiger partial charge in [-0.2, -0.15) is 13.2 Å². The summed E-state index contributed by atoms with van der Waals surface area (Å²) in [6.45, 7) is 8.48. The second-order valence-electron chi connectivity index (χ2n) is 8.40. The van der Waals surface area contributed by atoms with E-state index in [2.05, 4.69) is 39.0 Å². The molecule has 0 bridgehead atoms. The van der Waals surface area contributed by atoms with Gasteiger partial charge in [-0.25, -0.2) is 0 Å². The van der Waals surface area contributed by atoms with Gasteiger partial charge in [0.1, 0.15) is 0 Å². The van der Waals surface area contributed by atoms with E-state index in [1.54, 1.807) is 12.1 Å². The first-order chi connectivity index (χ1) is 12.6. The molecule has 0 spiro atoms. The maximum Gasteiger partial charge on any atom is 0.416 e. The molecule has 2 unspecified atom stereocenters. The Morgan fingerprint density at radius 1 is 0.741 bits per heavy atom. The fourth-order valence-electron chi connectivity index (χ4n) is 5.42. The molecule has 0 amide bonds. The molecule has 2 aromatic carbocycles. The van der Waals surface area contributed by atoms with Gasteiger partial charge in [-0.3, -0.25) is 0 Å². The lowest BCUT2D eigenvalue weighted by Gasteiger charge is -2.41. The van der Waals surface area contributed by atoms with E-state index in [0.717, 1.165) is 11.1 Å². The largest absolute Gasteiger partial charge is 0.416 e. The van der Waals surface area contributed by atoms with E-state index in [-0.39, 0.29) is 17.3 Å². The Morgan fingerprint density at radius 2 is 1.33 bits per heavy atom. The molecule has 0 saturated heterocycles. The van der Waals surface area contributed by atoms with Gasteiger partial charge in [0.2, 0.25) is 0 Å². The Labute approximate surface area is 158 Å². The van der Waals surface area contributed by atoms with Gasteiger partial charge in [0, 0.05) is 11.8 Å². The molecule has 0 fully saturated rings. The average molecular weight is 368 g/mol. The first kappa shape index (κ1) is 18.1. The summed E-state index contributed by atoms with van der Waals surface area (Å²) in [5.74, 6) is 0.136. The second-order valence-corrected chi connectivity index (χ2v) is 8.40. The van der Waals surface area contributed by atoms with Crippen LogP contribution in [0.3, 0.4) is 0 Å². The van der Waals surface area contributed by atoms with Crippen molar-refractivity contribution in [2.45, 2.75) is 45.7 Å². The highest BCUT2D eigenvalue weighted by atomic mass is 19.4. The van der Waals surface area contributed by atoms with E-state index in [9.17, 15) is 13.2 Å². The van der Waals surface area contributed by atoms with Crippen molar-refractivity contribution in [2.24, 2.45) is 5.41 Å². The summed E-state index contributed by atoms with van der Waals surface area (Å²) in [6.07, 6.45) is -0.385. The molecular formula is C24H23F3. The van der Waals surface area contributed by atoms with Gasteiger partial charge in [0.25, 0.3) is 0 Å². The normalized spacial score (nSPS) is 21.6. The van der Waals surface area contributed by atoms with E-state index in [1.165, 1.54) is 22.8 Å². The van der Waals surface area contributed by atoms with Crippen molar-refractivity contribution < 1.29 is 13.2 Å². The van der Waals surface area contributed by atoms with Crippen LogP contribution in [0.1, 0.15) is 67.3 Å². The van der Waals surface area contributed by atoms with Crippen molar-refractivity contribution in [3.63, 3.8) is 0 Å². The highest BCUT2D eigenvalue weighted by molar-refractivity contribution is 5.72. The number of halogens is 3. The van der Waals surface area contributed by atoms with Gasteiger partial charge in [0.05, 0.1) is 5.56 Å². The molecule has 3 heteroatoms. The van der Waals surface area contributed by atoms with Crippen LogP contribution in [0.2, 0.25) is 0 Å². The highest BCUT2D eigenvalue weighted by Gasteiger charge is 2.46. The first-order valence-corrected chi connectivity index (χ1v) is 9.28. The summed E-state index contributed by atoms with van der Waals surface area (Å²) in [5.41, 5.74) is 5.13. The number of hydrogen-bond acceptors (Lipinski definition) is 0. The van der Waals surface area contributed by atoms with Gasteiger partial charge in [-0.1, -0.05) is 73.5 Å². The molecule has 140 valence electrons. The number of fused-ring (bicyclic) bond motifs is 2. The molecule has 27 heavy (non-hydrogen) atoms. The van der Waals surface area contributed by atoms with E-state index >= 15 is 0 Å². The van der Waals surface area contributed by atoms with Crippen molar-refractivity contribution in [1.29, 1.82) is 0 Å². The van der Waals surface area contributed by atoms with E-state index in [4.69, 9.17) is 0 Å². The smallest absolute Gasteiger partial charge is 0.166 e. The molecule has 4 rings (SSSR count).